The first-order chi connectivity index (χ1) is 6.42. The largest absolute Gasteiger partial charge is 0.384 e. The Morgan fingerprint density at radius 1 is 1.54 bits per heavy atom. The van der Waals surface area contributed by atoms with Gasteiger partial charge in [-0.15, -0.1) is 0 Å². The highest BCUT2D eigenvalue weighted by molar-refractivity contribution is 5.47. The second-order valence-electron chi connectivity index (χ2n) is 3.47. The van der Waals surface area contributed by atoms with Crippen LogP contribution < -0.4 is 10.6 Å². The van der Waals surface area contributed by atoms with Crippen LogP contribution in [0.2, 0.25) is 0 Å². The molecule has 2 rings (SSSR count). The van der Waals surface area contributed by atoms with E-state index in [1.54, 1.807) is 0 Å². The Labute approximate surface area is 79.4 Å². The van der Waals surface area contributed by atoms with Crippen molar-refractivity contribution >= 4 is 0 Å². The molecule has 2 N–H and O–H groups in total. The number of nitrogens with one attached hydrogen (secondary N) is 2. The highest BCUT2D eigenvalue weighted by Crippen LogP contribution is 2.24. The topological polar surface area (TPSA) is 24.1 Å². The van der Waals surface area contributed by atoms with E-state index in [2.05, 4.69) is 28.9 Å². The van der Waals surface area contributed by atoms with Gasteiger partial charge >= 0.3 is 0 Å². The van der Waals surface area contributed by atoms with Crippen molar-refractivity contribution in [1.29, 1.82) is 0 Å². The fourth-order valence-corrected chi connectivity index (χ4v) is 1.91. The second kappa shape index (κ2) is 3.79. The van der Waals surface area contributed by atoms with Crippen molar-refractivity contribution in [2.24, 2.45) is 0 Å². The normalized spacial score (nSPS) is 20.8. The summed E-state index contributed by atoms with van der Waals surface area (Å²) in [4.78, 5) is 0. The minimum atomic E-state index is 0.977. The average molecular weight is 176 g/mol. The van der Waals surface area contributed by atoms with Crippen LogP contribution >= 0.6 is 0 Å². The molecule has 0 saturated heterocycles. The summed E-state index contributed by atoms with van der Waals surface area (Å²) in [6.07, 6.45) is 9.13. The lowest BCUT2D eigenvalue weighted by atomic mass is 9.94. The van der Waals surface area contributed by atoms with Crippen LogP contribution in [0.3, 0.4) is 0 Å². The zero-order valence-corrected chi connectivity index (χ0v) is 8.06. The van der Waals surface area contributed by atoms with Gasteiger partial charge in [0, 0.05) is 18.8 Å². The van der Waals surface area contributed by atoms with E-state index in [9.17, 15) is 0 Å². The maximum Gasteiger partial charge on any atom is 0.0334 e. The van der Waals surface area contributed by atoms with Gasteiger partial charge in [0.1, 0.15) is 0 Å². The Hall–Kier alpha value is -1.02. The highest BCUT2D eigenvalue weighted by atomic mass is 14.9. The Morgan fingerprint density at radius 3 is 3.31 bits per heavy atom. The van der Waals surface area contributed by atoms with Gasteiger partial charge in [-0.2, -0.15) is 0 Å². The maximum atomic E-state index is 3.43. The van der Waals surface area contributed by atoms with E-state index in [0.717, 1.165) is 13.1 Å². The quantitative estimate of drug-likeness (QED) is 0.663. The summed E-state index contributed by atoms with van der Waals surface area (Å²) in [5.41, 5.74) is 4.27. The number of hydrogen-bond acceptors (Lipinski definition) is 2. The lowest BCUT2D eigenvalue weighted by Crippen LogP contribution is -2.25. The molecule has 0 saturated carbocycles. The van der Waals surface area contributed by atoms with Crippen LogP contribution in [0.5, 0.6) is 0 Å². The van der Waals surface area contributed by atoms with Crippen molar-refractivity contribution in [3.05, 3.63) is 35.1 Å². The fourth-order valence-electron chi connectivity index (χ4n) is 1.91. The lowest BCUT2D eigenvalue weighted by Gasteiger charge is -2.23. The van der Waals surface area contributed by atoms with Crippen LogP contribution in [-0.2, 0) is 0 Å². The molecule has 1 aliphatic heterocycles. The Morgan fingerprint density at radius 2 is 2.46 bits per heavy atom. The molecule has 0 atom stereocenters. The molecule has 2 heteroatoms. The minimum absolute atomic E-state index is 0.977. The molecule has 0 aromatic heterocycles. The van der Waals surface area contributed by atoms with E-state index >= 15 is 0 Å². The van der Waals surface area contributed by atoms with E-state index in [4.69, 9.17) is 0 Å². The van der Waals surface area contributed by atoms with E-state index < -0.39 is 0 Å². The molecule has 70 valence electrons. The summed E-state index contributed by atoms with van der Waals surface area (Å²) in [7, 11) is 2.00. The molecule has 2 nitrogen and oxygen atoms in total. The predicted octanol–water partition coefficient (Wildman–Crippen LogP) is 1.34. The first-order valence-electron chi connectivity index (χ1n) is 4.89. The van der Waals surface area contributed by atoms with Gasteiger partial charge in [0.05, 0.1) is 0 Å². The van der Waals surface area contributed by atoms with Gasteiger partial charge in [0.2, 0.25) is 0 Å². The van der Waals surface area contributed by atoms with E-state index in [1.165, 1.54) is 29.7 Å². The average Bonchev–Trinajstić information content (AvgIpc) is 2.19. The van der Waals surface area contributed by atoms with Crippen LogP contribution in [0.25, 0.3) is 0 Å². The zero-order valence-electron chi connectivity index (χ0n) is 8.06. The predicted molar refractivity (Wildman–Crippen MR) is 55.4 cm³/mol. The minimum Gasteiger partial charge on any atom is -0.384 e. The van der Waals surface area contributed by atoms with Crippen molar-refractivity contribution in [2.75, 3.05) is 20.1 Å². The molecule has 0 unspecified atom stereocenters. The Kier molecular flexibility index (Phi) is 2.50. The monoisotopic (exact) mass is 176 g/mol. The van der Waals surface area contributed by atoms with Crippen molar-refractivity contribution in [3.8, 4) is 0 Å². The molecule has 13 heavy (non-hydrogen) atoms. The van der Waals surface area contributed by atoms with E-state index in [-0.39, 0.29) is 0 Å². The molecular formula is C11H16N2. The highest BCUT2D eigenvalue weighted by Gasteiger charge is 2.14. The molecule has 0 radical (unpaired) electrons. The van der Waals surface area contributed by atoms with Crippen molar-refractivity contribution < 1.29 is 0 Å². The first kappa shape index (κ1) is 8.57. The van der Waals surface area contributed by atoms with Crippen molar-refractivity contribution in [1.82, 2.24) is 10.6 Å². The molecule has 1 aliphatic carbocycles. The Bertz CT molecular complexity index is 280. The van der Waals surface area contributed by atoms with Gasteiger partial charge < -0.3 is 10.6 Å². The van der Waals surface area contributed by atoms with Gasteiger partial charge in [0.15, 0.2) is 0 Å². The zero-order chi connectivity index (χ0) is 9.10. The molecule has 0 aromatic carbocycles. The van der Waals surface area contributed by atoms with Crippen molar-refractivity contribution in [3.63, 3.8) is 0 Å². The number of rotatable bonds is 2. The van der Waals surface area contributed by atoms with E-state index in [0.29, 0.717) is 0 Å². The molecule has 1 heterocycles. The smallest absolute Gasteiger partial charge is 0.0334 e. The van der Waals surface area contributed by atoms with Gasteiger partial charge in [-0.1, -0.05) is 18.2 Å². The molecule has 0 fully saturated rings. The van der Waals surface area contributed by atoms with Gasteiger partial charge in [-0.3, -0.25) is 0 Å². The Balaban J connectivity index is 2.23. The summed E-state index contributed by atoms with van der Waals surface area (Å²) in [5.74, 6) is 0. The molecular weight excluding hydrogens is 160 g/mol. The maximum absolute atomic E-state index is 3.43. The van der Waals surface area contributed by atoms with Crippen LogP contribution in [0.4, 0.5) is 0 Å². The van der Waals surface area contributed by atoms with E-state index in [1.807, 2.05) is 7.05 Å². The summed E-state index contributed by atoms with van der Waals surface area (Å²) in [6.45, 7) is 1.97. The number of likely N-dealkylation sites (N-methyl/N-ethyl adjacent to an activating group) is 1. The molecule has 0 aromatic rings. The third-order valence-electron chi connectivity index (χ3n) is 2.55. The lowest BCUT2D eigenvalue weighted by molar-refractivity contribution is 0.755. The summed E-state index contributed by atoms with van der Waals surface area (Å²) < 4.78 is 0. The van der Waals surface area contributed by atoms with Crippen LogP contribution in [0.1, 0.15) is 12.8 Å². The van der Waals surface area contributed by atoms with Crippen LogP contribution in [0, 0.1) is 0 Å². The van der Waals surface area contributed by atoms with Crippen LogP contribution in [-0.4, -0.2) is 20.1 Å². The number of dihydropyridines is 1. The van der Waals surface area contributed by atoms with Gasteiger partial charge in [-0.25, -0.2) is 0 Å². The molecule has 0 bridgehead atoms. The third-order valence-corrected chi connectivity index (χ3v) is 2.55. The molecule has 0 spiro atoms. The number of hydrogen-bond donors (Lipinski definition) is 2. The SMILES string of the molecule is CNCC1=CCNC2=C1C=CCC2. The summed E-state index contributed by atoms with van der Waals surface area (Å²) in [6, 6.07) is 0. The molecule has 0 amide bonds. The second-order valence-corrected chi connectivity index (χ2v) is 3.47. The summed E-state index contributed by atoms with van der Waals surface area (Å²) in [5, 5.41) is 6.64. The number of allylic oxidation sites excluding steroid dienone is 3. The van der Waals surface area contributed by atoms with Crippen molar-refractivity contribution in [2.45, 2.75) is 12.8 Å². The van der Waals surface area contributed by atoms with Gasteiger partial charge in [-0.05, 0) is 31.0 Å². The molecule has 2 aliphatic rings. The summed E-state index contributed by atoms with van der Waals surface area (Å²) >= 11 is 0. The van der Waals surface area contributed by atoms with Crippen LogP contribution in [0.15, 0.2) is 35.1 Å². The fraction of sp³-hybridized carbons (Fsp3) is 0.455. The first-order valence-corrected chi connectivity index (χ1v) is 4.89. The third kappa shape index (κ3) is 1.68. The van der Waals surface area contributed by atoms with Gasteiger partial charge in [0.25, 0.3) is 0 Å². The standard InChI is InChI=1S/C11H16N2/c1-12-8-9-6-7-13-11-5-3-2-4-10(9)11/h2,4,6,12-13H,3,5,7-8H2,1H3.